The van der Waals surface area contributed by atoms with Gasteiger partial charge in [-0.3, -0.25) is 14.5 Å². The van der Waals surface area contributed by atoms with E-state index in [2.05, 4.69) is 5.32 Å². The number of rotatable bonds is 5. The van der Waals surface area contributed by atoms with Crippen molar-refractivity contribution in [1.29, 1.82) is 0 Å². The molecule has 0 fully saturated rings. The van der Waals surface area contributed by atoms with Gasteiger partial charge in [0.15, 0.2) is 11.4 Å². The average molecular weight is 484 g/mol. The number of imide groups is 1. The molecular formula is C24H22FN3O5S. The third-order valence-electron chi connectivity index (χ3n) is 6.07. The summed E-state index contributed by atoms with van der Waals surface area (Å²) in [6.07, 6.45) is 0.523. The Morgan fingerprint density at radius 3 is 2.47 bits per heavy atom. The van der Waals surface area contributed by atoms with Crippen LogP contribution in [0.1, 0.15) is 32.9 Å². The van der Waals surface area contributed by atoms with E-state index in [-0.39, 0.29) is 29.4 Å². The second-order valence-corrected chi connectivity index (χ2v) is 9.92. The van der Waals surface area contributed by atoms with Crippen LogP contribution < -0.4 is 9.50 Å². The van der Waals surface area contributed by atoms with Crippen LogP contribution in [0.25, 0.3) is 0 Å². The molecule has 0 radical (unpaired) electrons. The van der Waals surface area contributed by atoms with E-state index < -0.39 is 27.7 Å². The lowest BCUT2D eigenvalue weighted by Crippen LogP contribution is -2.44. The molecule has 3 aromatic rings. The van der Waals surface area contributed by atoms with Gasteiger partial charge in [-0.2, -0.15) is 8.42 Å². The van der Waals surface area contributed by atoms with Gasteiger partial charge in [-0.25, -0.2) is 4.39 Å². The average Bonchev–Trinajstić information content (AvgIpc) is 3.11. The lowest BCUT2D eigenvalue weighted by molar-refractivity contribution is -0.130. The standard InChI is InChI=1S/C24H22FN3O5S/c1-15-2-8-18(9-3-15)34(31,32)33-23-19-12-26-11-10-20(19)27-14-21(29)28(24(30)22(23)27)13-16-4-6-17(25)7-5-16/h2-9,26H,10-14H2,1H3. The summed E-state index contributed by atoms with van der Waals surface area (Å²) in [6.45, 7) is 2.61. The maximum absolute atomic E-state index is 13.5. The summed E-state index contributed by atoms with van der Waals surface area (Å²) in [5.41, 5.74) is 2.77. The van der Waals surface area contributed by atoms with Gasteiger partial charge in [-0.1, -0.05) is 29.8 Å². The summed E-state index contributed by atoms with van der Waals surface area (Å²) in [7, 11) is -4.22. The van der Waals surface area contributed by atoms with Gasteiger partial charge in [0.05, 0.1) is 6.54 Å². The molecule has 2 aliphatic rings. The molecule has 2 aromatic carbocycles. The number of carbonyl (C=O) groups is 2. The fourth-order valence-electron chi connectivity index (χ4n) is 4.32. The van der Waals surface area contributed by atoms with E-state index in [1.54, 1.807) is 16.7 Å². The fourth-order valence-corrected chi connectivity index (χ4v) is 5.28. The summed E-state index contributed by atoms with van der Waals surface area (Å²) in [6, 6.07) is 11.7. The third kappa shape index (κ3) is 3.88. The predicted octanol–water partition coefficient (Wildman–Crippen LogP) is 2.53. The Labute approximate surface area is 196 Å². The SMILES string of the molecule is Cc1ccc(S(=O)(=O)Oc2c3c(n4c2C(=O)N(Cc2ccc(F)cc2)C(=O)C4)CCNC3)cc1. The second kappa shape index (κ2) is 8.37. The molecule has 1 N–H and O–H groups in total. The highest BCUT2D eigenvalue weighted by atomic mass is 32.2. The molecule has 0 spiro atoms. The number of benzene rings is 2. The highest BCUT2D eigenvalue weighted by Crippen LogP contribution is 2.38. The van der Waals surface area contributed by atoms with Crippen molar-refractivity contribution in [1.82, 2.24) is 14.8 Å². The van der Waals surface area contributed by atoms with Gasteiger partial charge in [0.1, 0.15) is 17.3 Å². The van der Waals surface area contributed by atoms with Crippen molar-refractivity contribution in [2.75, 3.05) is 6.54 Å². The number of aromatic nitrogens is 1. The molecule has 10 heteroatoms. The molecule has 1 aromatic heterocycles. The normalized spacial score (nSPS) is 15.8. The van der Waals surface area contributed by atoms with Gasteiger partial charge in [-0.05, 0) is 36.8 Å². The van der Waals surface area contributed by atoms with Crippen molar-refractivity contribution in [2.45, 2.75) is 37.9 Å². The zero-order chi connectivity index (χ0) is 24.0. The highest BCUT2D eigenvalue weighted by Gasteiger charge is 2.40. The molecule has 5 rings (SSSR count). The van der Waals surface area contributed by atoms with Crippen LogP contribution in [-0.4, -0.2) is 36.2 Å². The van der Waals surface area contributed by atoms with Crippen LogP contribution in [0.15, 0.2) is 53.4 Å². The van der Waals surface area contributed by atoms with Crippen LogP contribution in [0.5, 0.6) is 5.75 Å². The van der Waals surface area contributed by atoms with Gasteiger partial charge < -0.3 is 14.1 Å². The second-order valence-electron chi connectivity index (χ2n) is 8.38. The summed E-state index contributed by atoms with van der Waals surface area (Å²) in [4.78, 5) is 27.4. The number of hydrogen-bond donors (Lipinski definition) is 1. The number of aryl methyl sites for hydroxylation is 1. The van der Waals surface area contributed by atoms with Gasteiger partial charge in [0.2, 0.25) is 5.91 Å². The quantitative estimate of drug-likeness (QED) is 0.443. The lowest BCUT2D eigenvalue weighted by atomic mass is 10.1. The number of carbonyl (C=O) groups excluding carboxylic acids is 2. The first-order valence-electron chi connectivity index (χ1n) is 10.8. The Hall–Kier alpha value is -3.50. The van der Waals surface area contributed by atoms with E-state index in [0.717, 1.165) is 10.5 Å². The molecule has 176 valence electrons. The van der Waals surface area contributed by atoms with E-state index >= 15 is 0 Å². The predicted molar refractivity (Wildman–Crippen MR) is 120 cm³/mol. The van der Waals surface area contributed by atoms with Crippen LogP contribution in [0, 0.1) is 12.7 Å². The Morgan fingerprint density at radius 1 is 1.06 bits per heavy atom. The minimum absolute atomic E-state index is 0.0296. The molecule has 0 saturated heterocycles. The first kappa shape index (κ1) is 22.3. The fraction of sp³-hybridized carbons (Fsp3) is 0.250. The van der Waals surface area contributed by atoms with E-state index in [4.69, 9.17) is 4.18 Å². The van der Waals surface area contributed by atoms with Crippen molar-refractivity contribution >= 4 is 21.9 Å². The molecule has 0 aliphatic carbocycles. The Balaban J connectivity index is 1.57. The van der Waals surface area contributed by atoms with Crippen LogP contribution >= 0.6 is 0 Å². The summed E-state index contributed by atoms with van der Waals surface area (Å²) < 4.78 is 46.6. The Morgan fingerprint density at radius 2 is 1.76 bits per heavy atom. The minimum Gasteiger partial charge on any atom is -0.376 e. The summed E-state index contributed by atoms with van der Waals surface area (Å²) >= 11 is 0. The zero-order valence-corrected chi connectivity index (χ0v) is 19.2. The molecule has 0 bridgehead atoms. The van der Waals surface area contributed by atoms with Crippen molar-refractivity contribution < 1.29 is 26.6 Å². The van der Waals surface area contributed by atoms with E-state index in [0.29, 0.717) is 36.3 Å². The molecule has 34 heavy (non-hydrogen) atoms. The van der Waals surface area contributed by atoms with E-state index in [9.17, 15) is 22.4 Å². The maximum Gasteiger partial charge on any atom is 0.339 e. The molecule has 8 nitrogen and oxygen atoms in total. The number of nitrogens with zero attached hydrogens (tertiary/aromatic N) is 2. The molecular weight excluding hydrogens is 461 g/mol. The van der Waals surface area contributed by atoms with Crippen molar-refractivity contribution in [3.05, 3.63) is 82.4 Å². The number of hydrogen-bond acceptors (Lipinski definition) is 6. The molecule has 3 heterocycles. The molecule has 2 aliphatic heterocycles. The smallest absolute Gasteiger partial charge is 0.339 e. The van der Waals surface area contributed by atoms with Gasteiger partial charge in [0.25, 0.3) is 5.91 Å². The van der Waals surface area contributed by atoms with E-state index in [1.165, 1.54) is 36.4 Å². The number of nitrogens with one attached hydrogen (secondary N) is 1. The minimum atomic E-state index is -4.22. The largest absolute Gasteiger partial charge is 0.376 e. The van der Waals surface area contributed by atoms with Crippen LogP contribution in [-0.2, 0) is 41.0 Å². The topological polar surface area (TPSA) is 97.7 Å². The van der Waals surface area contributed by atoms with Gasteiger partial charge in [-0.15, -0.1) is 0 Å². The van der Waals surface area contributed by atoms with Crippen LogP contribution in [0.2, 0.25) is 0 Å². The number of amides is 2. The Kier molecular flexibility index (Phi) is 5.49. The van der Waals surface area contributed by atoms with E-state index in [1.807, 2.05) is 6.92 Å². The monoisotopic (exact) mass is 483 g/mol. The van der Waals surface area contributed by atoms with Crippen molar-refractivity contribution in [2.24, 2.45) is 0 Å². The third-order valence-corrected chi connectivity index (χ3v) is 7.31. The molecule has 2 amide bonds. The zero-order valence-electron chi connectivity index (χ0n) is 18.4. The highest BCUT2D eigenvalue weighted by molar-refractivity contribution is 7.87. The number of fused-ring (bicyclic) bond motifs is 3. The summed E-state index contributed by atoms with van der Waals surface area (Å²) in [5.74, 6) is -1.55. The van der Waals surface area contributed by atoms with Crippen LogP contribution in [0.4, 0.5) is 4.39 Å². The lowest BCUT2D eigenvalue weighted by Gasteiger charge is -2.28. The van der Waals surface area contributed by atoms with Gasteiger partial charge in [0, 0.05) is 30.8 Å². The molecule has 0 atom stereocenters. The Bertz CT molecular complexity index is 1400. The first-order chi connectivity index (χ1) is 16.2. The van der Waals surface area contributed by atoms with Crippen molar-refractivity contribution in [3.63, 3.8) is 0 Å². The molecule has 0 unspecified atom stereocenters. The van der Waals surface area contributed by atoms with Crippen molar-refractivity contribution in [3.8, 4) is 5.75 Å². The van der Waals surface area contributed by atoms with Crippen LogP contribution in [0.3, 0.4) is 0 Å². The molecule has 0 saturated carbocycles. The van der Waals surface area contributed by atoms with Gasteiger partial charge >= 0.3 is 10.1 Å². The maximum atomic E-state index is 13.5. The number of halogens is 1. The summed E-state index contributed by atoms with van der Waals surface area (Å²) in [5, 5.41) is 3.17. The first-order valence-corrected chi connectivity index (χ1v) is 12.2.